The normalized spacial score (nSPS) is 9.64. The van der Waals surface area contributed by atoms with Gasteiger partial charge in [-0.25, -0.2) is 4.79 Å². The number of carboxylic acids is 1. The summed E-state index contributed by atoms with van der Waals surface area (Å²) in [6.45, 7) is 1.62. The first kappa shape index (κ1) is 8.01. The van der Waals surface area contributed by atoms with E-state index in [2.05, 4.69) is 4.98 Å². The summed E-state index contributed by atoms with van der Waals surface area (Å²) in [4.78, 5) is 14.3. The summed E-state index contributed by atoms with van der Waals surface area (Å²) in [5.41, 5.74) is 0.624. The summed E-state index contributed by atoms with van der Waals surface area (Å²) in [5.74, 6) is -1.00. The molecule has 0 bridgehead atoms. The predicted molar refractivity (Wildman–Crippen MR) is 40.9 cm³/mol. The Morgan fingerprint density at radius 1 is 1.73 bits per heavy atom. The Hall–Kier alpha value is -1.09. The maximum Gasteiger partial charge on any atom is 0.337 e. The molecule has 0 aliphatic rings. The van der Waals surface area contributed by atoms with Crippen molar-refractivity contribution >= 4 is 17.6 Å². The quantitative estimate of drug-likeness (QED) is 0.700. The smallest absolute Gasteiger partial charge is 0.337 e. The van der Waals surface area contributed by atoms with Crippen molar-refractivity contribution in [3.8, 4) is 0 Å². The van der Waals surface area contributed by atoms with Crippen molar-refractivity contribution < 1.29 is 9.90 Å². The first-order valence-corrected chi connectivity index (χ1v) is 3.34. The highest BCUT2D eigenvalue weighted by molar-refractivity contribution is 6.30. The van der Waals surface area contributed by atoms with E-state index in [1.807, 2.05) is 0 Å². The Kier molecular flexibility index (Phi) is 2.10. The van der Waals surface area contributed by atoms with Gasteiger partial charge in [-0.1, -0.05) is 11.6 Å². The van der Waals surface area contributed by atoms with Crippen LogP contribution in [0.1, 0.15) is 16.1 Å². The highest BCUT2D eigenvalue weighted by Gasteiger charge is 2.07. The monoisotopic (exact) mass is 171 g/mol. The van der Waals surface area contributed by atoms with E-state index >= 15 is 0 Å². The van der Waals surface area contributed by atoms with Crippen LogP contribution in [-0.2, 0) is 0 Å². The Balaban J connectivity index is 3.23. The third kappa shape index (κ3) is 1.68. The first-order valence-electron chi connectivity index (χ1n) is 2.96. The summed E-state index contributed by atoms with van der Waals surface area (Å²) in [5, 5.41) is 8.93. The van der Waals surface area contributed by atoms with Gasteiger partial charge in [-0.3, -0.25) is 4.98 Å². The number of aromatic carboxylic acids is 1. The number of aryl methyl sites for hydroxylation is 1. The number of halogens is 1. The molecule has 1 aromatic rings. The van der Waals surface area contributed by atoms with Gasteiger partial charge in [0.1, 0.15) is 0 Å². The number of aromatic nitrogens is 1. The molecule has 58 valence electrons. The molecule has 0 fully saturated rings. The van der Waals surface area contributed by atoms with E-state index in [0.717, 1.165) is 0 Å². The molecule has 1 N–H and O–H groups in total. The minimum Gasteiger partial charge on any atom is -0.478 e. The number of hydrogen-bond acceptors (Lipinski definition) is 2. The van der Waals surface area contributed by atoms with Crippen LogP contribution in [0, 0.1) is 6.92 Å². The van der Waals surface area contributed by atoms with Crippen LogP contribution in [-0.4, -0.2) is 16.1 Å². The second-order valence-corrected chi connectivity index (χ2v) is 2.53. The zero-order chi connectivity index (χ0) is 8.43. The lowest BCUT2D eigenvalue weighted by Gasteiger charge is -1.98. The molecule has 3 nitrogen and oxygen atoms in total. The lowest BCUT2D eigenvalue weighted by Crippen LogP contribution is -2.00. The molecule has 11 heavy (non-hydrogen) atoms. The molecule has 0 aromatic carbocycles. The average molecular weight is 172 g/mol. The highest BCUT2D eigenvalue weighted by atomic mass is 35.5. The average Bonchev–Trinajstić information content (AvgIpc) is 1.94. The number of carboxylic acid groups (broad SMARTS) is 1. The third-order valence-electron chi connectivity index (χ3n) is 1.28. The van der Waals surface area contributed by atoms with Crippen LogP contribution in [0.25, 0.3) is 0 Å². The molecular weight excluding hydrogens is 166 g/mol. The van der Waals surface area contributed by atoms with Gasteiger partial charge in [-0.05, 0) is 13.0 Å². The highest BCUT2D eigenvalue weighted by Crippen LogP contribution is 2.11. The summed E-state index contributed by atoms with van der Waals surface area (Å²) in [6, 6.07) is 1.38. The fourth-order valence-electron chi connectivity index (χ4n) is 0.724. The van der Waals surface area contributed by atoms with Gasteiger partial charge in [-0.2, -0.15) is 0 Å². The summed E-state index contributed by atoms with van der Waals surface area (Å²) in [6.07, 6.45) is 1.42. The molecule has 1 heterocycles. The summed E-state index contributed by atoms with van der Waals surface area (Å²) >= 11 is 5.54. The standard InChI is InChI=1S/C7H6ClNO2/c1-4-6(7(10)11)2-5(8)3-9-4/h2-3H,1H3,(H,10,11). The van der Waals surface area contributed by atoms with Gasteiger partial charge < -0.3 is 5.11 Å². The molecule has 0 atom stereocenters. The van der Waals surface area contributed by atoms with Crippen molar-refractivity contribution in [2.45, 2.75) is 6.92 Å². The van der Waals surface area contributed by atoms with E-state index in [0.29, 0.717) is 10.7 Å². The second kappa shape index (κ2) is 2.88. The minimum absolute atomic E-state index is 0.150. The molecule has 0 spiro atoms. The van der Waals surface area contributed by atoms with Crippen LogP contribution in [0.3, 0.4) is 0 Å². The zero-order valence-corrected chi connectivity index (χ0v) is 6.59. The number of carbonyl (C=O) groups is 1. The SMILES string of the molecule is Cc1ncc(Cl)cc1C(=O)O. The fourth-order valence-corrected chi connectivity index (χ4v) is 0.882. The van der Waals surface area contributed by atoms with Crippen molar-refractivity contribution in [2.24, 2.45) is 0 Å². The summed E-state index contributed by atoms with van der Waals surface area (Å²) in [7, 11) is 0. The Bertz CT molecular complexity index is 298. The number of hydrogen-bond donors (Lipinski definition) is 1. The number of nitrogens with zero attached hydrogens (tertiary/aromatic N) is 1. The van der Waals surface area contributed by atoms with Gasteiger partial charge in [0.2, 0.25) is 0 Å². The molecule has 0 saturated heterocycles. The number of rotatable bonds is 1. The van der Waals surface area contributed by atoms with Crippen LogP contribution in [0.5, 0.6) is 0 Å². The lowest BCUT2D eigenvalue weighted by atomic mass is 10.2. The van der Waals surface area contributed by atoms with Crippen LogP contribution >= 0.6 is 11.6 Å². The van der Waals surface area contributed by atoms with E-state index in [1.54, 1.807) is 6.92 Å². The van der Waals surface area contributed by atoms with E-state index < -0.39 is 5.97 Å². The molecule has 0 unspecified atom stereocenters. The lowest BCUT2D eigenvalue weighted by molar-refractivity contribution is 0.0695. The second-order valence-electron chi connectivity index (χ2n) is 2.09. The molecule has 4 heteroatoms. The largest absolute Gasteiger partial charge is 0.478 e. The zero-order valence-electron chi connectivity index (χ0n) is 5.84. The van der Waals surface area contributed by atoms with Gasteiger partial charge in [0.05, 0.1) is 16.3 Å². The van der Waals surface area contributed by atoms with Crippen molar-refractivity contribution in [1.29, 1.82) is 0 Å². The van der Waals surface area contributed by atoms with E-state index in [1.165, 1.54) is 12.3 Å². The Morgan fingerprint density at radius 2 is 2.36 bits per heavy atom. The van der Waals surface area contributed by atoms with Crippen molar-refractivity contribution in [3.05, 3.63) is 28.5 Å². The molecular formula is C7H6ClNO2. The van der Waals surface area contributed by atoms with Crippen LogP contribution in [0.15, 0.2) is 12.3 Å². The molecule has 0 saturated carbocycles. The molecule has 1 aromatic heterocycles. The molecule has 0 amide bonds. The number of pyridine rings is 1. The van der Waals surface area contributed by atoms with E-state index in [9.17, 15) is 4.79 Å². The maximum atomic E-state index is 10.5. The van der Waals surface area contributed by atoms with Gasteiger partial charge in [-0.15, -0.1) is 0 Å². The molecule has 0 aliphatic carbocycles. The van der Waals surface area contributed by atoms with Crippen LogP contribution < -0.4 is 0 Å². The van der Waals surface area contributed by atoms with Crippen molar-refractivity contribution in [1.82, 2.24) is 4.98 Å². The maximum absolute atomic E-state index is 10.5. The van der Waals surface area contributed by atoms with Crippen molar-refractivity contribution in [3.63, 3.8) is 0 Å². The van der Waals surface area contributed by atoms with Crippen LogP contribution in [0.2, 0.25) is 5.02 Å². The van der Waals surface area contributed by atoms with Crippen LogP contribution in [0.4, 0.5) is 0 Å². The molecule has 0 aliphatic heterocycles. The Labute approximate surface area is 68.6 Å². The van der Waals surface area contributed by atoms with Gasteiger partial charge >= 0.3 is 5.97 Å². The van der Waals surface area contributed by atoms with E-state index in [-0.39, 0.29) is 5.56 Å². The van der Waals surface area contributed by atoms with E-state index in [4.69, 9.17) is 16.7 Å². The fraction of sp³-hybridized carbons (Fsp3) is 0.143. The minimum atomic E-state index is -1.00. The summed E-state index contributed by atoms with van der Waals surface area (Å²) < 4.78 is 0. The van der Waals surface area contributed by atoms with Crippen molar-refractivity contribution in [2.75, 3.05) is 0 Å². The molecule has 1 rings (SSSR count). The van der Waals surface area contributed by atoms with Gasteiger partial charge in [0.15, 0.2) is 0 Å². The topological polar surface area (TPSA) is 50.2 Å². The van der Waals surface area contributed by atoms with Gasteiger partial charge in [0.25, 0.3) is 0 Å². The first-order chi connectivity index (χ1) is 5.11. The molecule has 0 radical (unpaired) electrons. The predicted octanol–water partition coefficient (Wildman–Crippen LogP) is 1.74. The third-order valence-corrected chi connectivity index (χ3v) is 1.49. The van der Waals surface area contributed by atoms with Gasteiger partial charge in [0, 0.05) is 6.20 Å². The Morgan fingerprint density at radius 3 is 2.82 bits per heavy atom.